The molecule has 6 heteroatoms. The molecule has 4 aromatic rings. The van der Waals surface area contributed by atoms with Crippen molar-refractivity contribution in [3.8, 4) is 22.6 Å². The Morgan fingerprint density at radius 3 is 2.39 bits per heavy atom. The second-order valence-electron chi connectivity index (χ2n) is 6.58. The summed E-state index contributed by atoms with van der Waals surface area (Å²) in [6, 6.07) is 24.1. The molecule has 1 aromatic heterocycles. The molecular weight excluding hydrogens is 352 g/mol. The van der Waals surface area contributed by atoms with Gasteiger partial charge in [-0.15, -0.1) is 0 Å². The summed E-state index contributed by atoms with van der Waals surface area (Å²) in [6.45, 7) is 2.33. The van der Waals surface area contributed by atoms with Gasteiger partial charge in [-0.2, -0.15) is 9.36 Å². The molecule has 0 saturated carbocycles. The van der Waals surface area contributed by atoms with Crippen LogP contribution in [0.5, 0.6) is 5.75 Å². The van der Waals surface area contributed by atoms with Crippen molar-refractivity contribution in [3.05, 3.63) is 94.4 Å². The largest absolute Gasteiger partial charge is 0.486 e. The van der Waals surface area contributed by atoms with Crippen LogP contribution in [0, 0.1) is 6.92 Å². The van der Waals surface area contributed by atoms with Crippen LogP contribution in [-0.2, 0) is 13.7 Å². The lowest BCUT2D eigenvalue weighted by Crippen LogP contribution is -2.22. The third-order valence-corrected chi connectivity index (χ3v) is 4.56. The zero-order valence-corrected chi connectivity index (χ0v) is 15.7. The maximum Gasteiger partial charge on any atom is 0.368 e. The number of hydrogen-bond donors (Lipinski definition) is 0. The van der Waals surface area contributed by atoms with Gasteiger partial charge >= 0.3 is 5.69 Å². The summed E-state index contributed by atoms with van der Waals surface area (Å²) < 4.78 is 8.57. The van der Waals surface area contributed by atoms with E-state index in [1.165, 1.54) is 9.36 Å². The fourth-order valence-corrected chi connectivity index (χ4v) is 3.08. The molecule has 0 aliphatic rings. The topological polar surface area (TPSA) is 61.9 Å². The van der Waals surface area contributed by atoms with Gasteiger partial charge in [0.2, 0.25) is 0 Å². The van der Waals surface area contributed by atoms with Gasteiger partial charge in [-0.25, -0.2) is 4.79 Å². The van der Waals surface area contributed by atoms with Gasteiger partial charge in [0.1, 0.15) is 18.0 Å². The van der Waals surface area contributed by atoms with E-state index < -0.39 is 0 Å². The molecule has 0 radical (unpaired) electrons. The predicted octanol–water partition coefficient (Wildman–Crippen LogP) is 3.52. The van der Waals surface area contributed by atoms with Crippen LogP contribution in [0.25, 0.3) is 16.8 Å². The summed E-state index contributed by atoms with van der Waals surface area (Å²) in [4.78, 5) is 12.3. The van der Waals surface area contributed by atoms with E-state index in [4.69, 9.17) is 4.74 Å². The molecule has 1 heterocycles. The van der Waals surface area contributed by atoms with E-state index in [-0.39, 0.29) is 5.69 Å². The molecule has 3 aromatic carbocycles. The SMILES string of the molecule is Cc1cccc(-n2nnn(C)c2=O)c1OCc1cccc(-c2ccccc2)c1. The highest BCUT2D eigenvalue weighted by atomic mass is 16.5. The Hall–Kier alpha value is -3.67. The minimum atomic E-state index is -0.318. The fourth-order valence-electron chi connectivity index (χ4n) is 3.08. The number of benzene rings is 3. The number of ether oxygens (including phenoxy) is 1. The highest BCUT2D eigenvalue weighted by molar-refractivity contribution is 5.64. The van der Waals surface area contributed by atoms with Gasteiger partial charge in [-0.05, 0) is 51.7 Å². The van der Waals surface area contributed by atoms with E-state index >= 15 is 0 Å². The highest BCUT2D eigenvalue weighted by Gasteiger charge is 2.14. The lowest BCUT2D eigenvalue weighted by atomic mass is 10.0. The summed E-state index contributed by atoms with van der Waals surface area (Å²) in [7, 11) is 1.57. The van der Waals surface area contributed by atoms with Crippen LogP contribution in [-0.4, -0.2) is 19.8 Å². The Balaban J connectivity index is 1.63. The predicted molar refractivity (Wildman–Crippen MR) is 108 cm³/mol. The molecule has 0 atom stereocenters. The van der Waals surface area contributed by atoms with Gasteiger partial charge in [-0.3, -0.25) is 0 Å². The molecule has 0 aliphatic carbocycles. The lowest BCUT2D eigenvalue weighted by Gasteiger charge is -2.14. The molecule has 28 heavy (non-hydrogen) atoms. The quantitative estimate of drug-likeness (QED) is 0.538. The maximum absolute atomic E-state index is 12.3. The van der Waals surface area contributed by atoms with Crippen molar-refractivity contribution >= 4 is 0 Å². The third-order valence-electron chi connectivity index (χ3n) is 4.56. The van der Waals surface area contributed by atoms with Crippen molar-refractivity contribution < 1.29 is 4.74 Å². The van der Waals surface area contributed by atoms with Crippen molar-refractivity contribution in [2.24, 2.45) is 7.05 Å². The standard InChI is InChI=1S/C22H20N4O2/c1-16-8-6-13-20(26-22(27)25(2)23-24-26)21(16)28-15-17-9-7-12-19(14-17)18-10-4-3-5-11-18/h3-14H,15H2,1-2H3. The van der Waals surface area contributed by atoms with Crippen LogP contribution in [0.1, 0.15) is 11.1 Å². The highest BCUT2D eigenvalue weighted by Crippen LogP contribution is 2.27. The van der Waals surface area contributed by atoms with Crippen molar-refractivity contribution in [1.82, 2.24) is 19.8 Å². The van der Waals surface area contributed by atoms with Crippen LogP contribution in [0.15, 0.2) is 77.6 Å². The Labute approximate surface area is 162 Å². The van der Waals surface area contributed by atoms with Crippen LogP contribution >= 0.6 is 0 Å². The molecule has 140 valence electrons. The van der Waals surface area contributed by atoms with E-state index in [0.29, 0.717) is 18.0 Å². The first-order chi connectivity index (χ1) is 13.6. The summed E-state index contributed by atoms with van der Waals surface area (Å²) in [5.41, 5.74) is 4.53. The summed E-state index contributed by atoms with van der Waals surface area (Å²) in [6.07, 6.45) is 0. The maximum atomic E-state index is 12.3. The molecule has 4 rings (SSSR count). The van der Waals surface area contributed by atoms with Crippen LogP contribution in [0.4, 0.5) is 0 Å². The van der Waals surface area contributed by atoms with E-state index in [9.17, 15) is 4.79 Å². The first-order valence-corrected chi connectivity index (χ1v) is 8.99. The Bertz CT molecular complexity index is 1160. The average Bonchev–Trinajstić information content (AvgIpc) is 3.06. The molecular formula is C22H20N4O2. The van der Waals surface area contributed by atoms with Crippen molar-refractivity contribution in [2.45, 2.75) is 13.5 Å². The van der Waals surface area contributed by atoms with Crippen LogP contribution in [0.2, 0.25) is 0 Å². The number of tetrazole rings is 1. The molecule has 0 N–H and O–H groups in total. The Morgan fingerprint density at radius 1 is 0.893 bits per heavy atom. The van der Waals surface area contributed by atoms with E-state index in [1.54, 1.807) is 13.1 Å². The van der Waals surface area contributed by atoms with E-state index in [2.05, 4.69) is 34.7 Å². The smallest absolute Gasteiger partial charge is 0.368 e. The van der Waals surface area contributed by atoms with Gasteiger partial charge in [0.15, 0.2) is 0 Å². The minimum absolute atomic E-state index is 0.318. The average molecular weight is 372 g/mol. The van der Waals surface area contributed by atoms with Crippen molar-refractivity contribution in [2.75, 3.05) is 0 Å². The van der Waals surface area contributed by atoms with Crippen molar-refractivity contribution in [1.29, 1.82) is 0 Å². The molecule has 0 aliphatic heterocycles. The molecule has 0 saturated heterocycles. The summed E-state index contributed by atoms with van der Waals surface area (Å²) in [5, 5.41) is 7.72. The van der Waals surface area contributed by atoms with Crippen molar-refractivity contribution in [3.63, 3.8) is 0 Å². The van der Waals surface area contributed by atoms with Gasteiger partial charge < -0.3 is 4.74 Å². The number of nitrogens with zero attached hydrogens (tertiary/aromatic N) is 4. The second kappa shape index (κ2) is 7.52. The Kier molecular flexibility index (Phi) is 4.76. The van der Waals surface area contributed by atoms with Crippen LogP contribution in [0.3, 0.4) is 0 Å². The summed E-state index contributed by atoms with van der Waals surface area (Å²) >= 11 is 0. The number of hydrogen-bond acceptors (Lipinski definition) is 4. The monoisotopic (exact) mass is 372 g/mol. The minimum Gasteiger partial charge on any atom is -0.486 e. The zero-order chi connectivity index (χ0) is 19.5. The second-order valence-corrected chi connectivity index (χ2v) is 6.58. The number of aryl methyl sites for hydroxylation is 2. The third kappa shape index (κ3) is 3.44. The molecule has 0 fully saturated rings. The molecule has 0 bridgehead atoms. The first kappa shape index (κ1) is 17.7. The lowest BCUT2D eigenvalue weighted by molar-refractivity contribution is 0.302. The van der Waals surface area contributed by atoms with Crippen LogP contribution < -0.4 is 10.4 Å². The van der Waals surface area contributed by atoms with E-state index in [0.717, 1.165) is 22.3 Å². The van der Waals surface area contributed by atoms with Gasteiger partial charge in [0.25, 0.3) is 0 Å². The molecule has 0 unspecified atom stereocenters. The molecule has 6 nitrogen and oxygen atoms in total. The number of para-hydroxylation sites is 1. The fraction of sp³-hybridized carbons (Fsp3) is 0.136. The molecule has 0 amide bonds. The zero-order valence-electron chi connectivity index (χ0n) is 15.7. The first-order valence-electron chi connectivity index (χ1n) is 8.99. The van der Waals surface area contributed by atoms with Gasteiger partial charge in [-0.1, -0.05) is 60.7 Å². The number of aromatic nitrogens is 4. The van der Waals surface area contributed by atoms with Gasteiger partial charge in [0, 0.05) is 7.05 Å². The van der Waals surface area contributed by atoms with Gasteiger partial charge in [0.05, 0.1) is 0 Å². The van der Waals surface area contributed by atoms with E-state index in [1.807, 2.05) is 49.4 Å². The summed E-state index contributed by atoms with van der Waals surface area (Å²) in [5.74, 6) is 0.621. The molecule has 0 spiro atoms. The normalized spacial score (nSPS) is 10.8. The number of rotatable bonds is 5. The Morgan fingerprint density at radius 2 is 1.64 bits per heavy atom.